The van der Waals surface area contributed by atoms with Crippen LogP contribution in [0.15, 0.2) is 71.8 Å². The van der Waals surface area contributed by atoms with Gasteiger partial charge in [0.2, 0.25) is 0 Å². The lowest BCUT2D eigenvalue weighted by Crippen LogP contribution is -2.24. The highest BCUT2D eigenvalue weighted by molar-refractivity contribution is 5.82. The summed E-state index contributed by atoms with van der Waals surface area (Å²) in [6, 6.07) is 21.7. The standard InChI is InChI=1S/C21H21N3O2/c1-16-8-11-19(24(16)2)14-22-23-21(25)15-26-20-12-9-18(10-13-20)17-6-4-3-5-7-17/h3-14H,15H2,1-2H3,(H,23,25)/b22-14-. The summed E-state index contributed by atoms with van der Waals surface area (Å²) in [6.07, 6.45) is 1.61. The van der Waals surface area contributed by atoms with Gasteiger partial charge in [-0.2, -0.15) is 5.10 Å². The van der Waals surface area contributed by atoms with Crippen molar-refractivity contribution < 1.29 is 9.53 Å². The monoisotopic (exact) mass is 347 g/mol. The maximum Gasteiger partial charge on any atom is 0.277 e. The van der Waals surface area contributed by atoms with Gasteiger partial charge in [0.25, 0.3) is 5.91 Å². The maximum absolute atomic E-state index is 11.8. The van der Waals surface area contributed by atoms with Crippen LogP contribution in [-0.4, -0.2) is 23.3 Å². The molecule has 0 spiro atoms. The molecule has 1 amide bonds. The van der Waals surface area contributed by atoms with Gasteiger partial charge in [-0.15, -0.1) is 0 Å². The second kappa shape index (κ2) is 8.16. The molecule has 1 N–H and O–H groups in total. The van der Waals surface area contributed by atoms with E-state index >= 15 is 0 Å². The van der Waals surface area contributed by atoms with Gasteiger partial charge >= 0.3 is 0 Å². The molecule has 0 saturated heterocycles. The molecule has 26 heavy (non-hydrogen) atoms. The highest BCUT2D eigenvalue weighted by atomic mass is 16.5. The van der Waals surface area contributed by atoms with Crippen LogP contribution in [0.4, 0.5) is 0 Å². The van der Waals surface area contributed by atoms with Gasteiger partial charge in [0, 0.05) is 12.7 Å². The highest BCUT2D eigenvalue weighted by Crippen LogP contribution is 2.21. The van der Waals surface area contributed by atoms with Gasteiger partial charge < -0.3 is 9.30 Å². The molecule has 0 fully saturated rings. The summed E-state index contributed by atoms with van der Waals surface area (Å²) in [5, 5.41) is 3.96. The predicted molar refractivity (Wildman–Crippen MR) is 103 cm³/mol. The summed E-state index contributed by atoms with van der Waals surface area (Å²) in [5.74, 6) is 0.334. The Balaban J connectivity index is 1.49. The van der Waals surface area contributed by atoms with E-state index in [0.717, 1.165) is 22.5 Å². The summed E-state index contributed by atoms with van der Waals surface area (Å²) in [7, 11) is 1.95. The molecule has 1 heterocycles. The van der Waals surface area contributed by atoms with Crippen molar-refractivity contribution in [2.45, 2.75) is 6.92 Å². The molecule has 1 aromatic heterocycles. The Morgan fingerprint density at radius 1 is 1.04 bits per heavy atom. The quantitative estimate of drug-likeness (QED) is 0.548. The molecule has 0 bridgehead atoms. The zero-order valence-corrected chi connectivity index (χ0v) is 14.8. The molecule has 0 aliphatic heterocycles. The molecule has 3 rings (SSSR count). The molecule has 0 unspecified atom stereocenters. The number of carbonyl (C=O) groups is 1. The van der Waals surface area contributed by atoms with E-state index in [2.05, 4.69) is 22.7 Å². The lowest BCUT2D eigenvalue weighted by Gasteiger charge is -2.06. The number of hydrogen-bond acceptors (Lipinski definition) is 3. The SMILES string of the molecule is Cc1ccc(/C=N\NC(=O)COc2ccc(-c3ccccc3)cc2)n1C. The lowest BCUT2D eigenvalue weighted by molar-refractivity contribution is -0.123. The average Bonchev–Trinajstić information content (AvgIpc) is 3.00. The van der Waals surface area contributed by atoms with E-state index in [-0.39, 0.29) is 12.5 Å². The Morgan fingerprint density at radius 3 is 2.38 bits per heavy atom. The smallest absolute Gasteiger partial charge is 0.277 e. The Morgan fingerprint density at radius 2 is 1.73 bits per heavy atom. The minimum absolute atomic E-state index is 0.0891. The minimum Gasteiger partial charge on any atom is -0.484 e. The van der Waals surface area contributed by atoms with E-state index in [1.54, 1.807) is 6.21 Å². The molecular formula is C21H21N3O2. The first-order valence-electron chi connectivity index (χ1n) is 8.36. The van der Waals surface area contributed by atoms with Crippen molar-refractivity contribution >= 4 is 12.1 Å². The fraction of sp³-hybridized carbons (Fsp3) is 0.143. The second-order valence-electron chi connectivity index (χ2n) is 5.93. The van der Waals surface area contributed by atoms with E-state index in [9.17, 15) is 4.79 Å². The Hall–Kier alpha value is -3.34. The van der Waals surface area contributed by atoms with Crippen molar-refractivity contribution in [1.29, 1.82) is 0 Å². The maximum atomic E-state index is 11.8. The van der Waals surface area contributed by atoms with Gasteiger partial charge in [0.1, 0.15) is 5.75 Å². The van der Waals surface area contributed by atoms with Gasteiger partial charge in [0.05, 0.1) is 11.9 Å². The third-order valence-corrected chi connectivity index (χ3v) is 4.13. The second-order valence-corrected chi connectivity index (χ2v) is 5.93. The molecule has 0 atom stereocenters. The number of aryl methyl sites for hydroxylation is 1. The van der Waals surface area contributed by atoms with Gasteiger partial charge in [-0.05, 0) is 42.3 Å². The van der Waals surface area contributed by atoms with Gasteiger partial charge in [-0.25, -0.2) is 5.43 Å². The predicted octanol–water partition coefficient (Wildman–Crippen LogP) is 3.53. The van der Waals surface area contributed by atoms with Gasteiger partial charge in [-0.1, -0.05) is 42.5 Å². The molecule has 0 radical (unpaired) electrons. The van der Waals surface area contributed by atoms with Crippen molar-refractivity contribution in [2.24, 2.45) is 12.1 Å². The summed E-state index contributed by atoms with van der Waals surface area (Å²) in [6.45, 7) is 1.92. The zero-order valence-electron chi connectivity index (χ0n) is 14.8. The molecule has 5 heteroatoms. The van der Waals surface area contributed by atoms with Gasteiger partial charge in [-0.3, -0.25) is 4.79 Å². The van der Waals surface area contributed by atoms with Gasteiger partial charge in [0.15, 0.2) is 6.61 Å². The number of benzene rings is 2. The van der Waals surface area contributed by atoms with Crippen molar-refractivity contribution in [1.82, 2.24) is 9.99 Å². The molecular weight excluding hydrogens is 326 g/mol. The van der Waals surface area contributed by atoms with Crippen LogP contribution >= 0.6 is 0 Å². The minimum atomic E-state index is -0.306. The van der Waals surface area contributed by atoms with Crippen LogP contribution in [0.1, 0.15) is 11.4 Å². The average molecular weight is 347 g/mol. The van der Waals surface area contributed by atoms with Crippen molar-refractivity contribution in [3.05, 3.63) is 78.1 Å². The number of hydrazone groups is 1. The van der Waals surface area contributed by atoms with Crippen LogP contribution in [0.25, 0.3) is 11.1 Å². The number of hydrogen-bond donors (Lipinski definition) is 1. The first-order valence-corrected chi connectivity index (χ1v) is 8.36. The van der Waals surface area contributed by atoms with Crippen LogP contribution in [-0.2, 0) is 11.8 Å². The van der Waals surface area contributed by atoms with E-state index in [1.165, 1.54) is 0 Å². The number of aromatic nitrogens is 1. The van der Waals surface area contributed by atoms with Crippen LogP contribution < -0.4 is 10.2 Å². The number of rotatable bonds is 6. The fourth-order valence-corrected chi connectivity index (χ4v) is 2.49. The molecule has 0 aliphatic carbocycles. The first-order chi connectivity index (χ1) is 12.6. The van der Waals surface area contributed by atoms with Crippen molar-refractivity contribution in [3.8, 4) is 16.9 Å². The van der Waals surface area contributed by atoms with E-state index in [4.69, 9.17) is 4.74 Å². The number of carbonyl (C=O) groups excluding carboxylic acids is 1. The van der Waals surface area contributed by atoms with Crippen LogP contribution in [0, 0.1) is 6.92 Å². The molecule has 5 nitrogen and oxygen atoms in total. The Bertz CT molecular complexity index is 897. The normalized spacial score (nSPS) is 10.8. The van der Waals surface area contributed by atoms with Crippen molar-refractivity contribution in [3.63, 3.8) is 0 Å². The topological polar surface area (TPSA) is 55.6 Å². The van der Waals surface area contributed by atoms with Crippen LogP contribution in [0.2, 0.25) is 0 Å². The van der Waals surface area contributed by atoms with Crippen molar-refractivity contribution in [2.75, 3.05) is 6.61 Å². The summed E-state index contributed by atoms with van der Waals surface area (Å²) < 4.78 is 7.48. The number of nitrogens with zero attached hydrogens (tertiary/aromatic N) is 2. The van der Waals surface area contributed by atoms with Crippen LogP contribution in [0.5, 0.6) is 5.75 Å². The molecule has 2 aromatic carbocycles. The molecule has 0 aliphatic rings. The van der Waals surface area contributed by atoms with E-state index in [0.29, 0.717) is 5.75 Å². The summed E-state index contributed by atoms with van der Waals surface area (Å²) in [4.78, 5) is 11.8. The Kier molecular flexibility index (Phi) is 5.49. The molecule has 0 saturated carbocycles. The van der Waals surface area contributed by atoms with E-state index in [1.807, 2.05) is 73.1 Å². The third kappa shape index (κ3) is 4.39. The number of ether oxygens (including phenoxy) is 1. The highest BCUT2D eigenvalue weighted by Gasteiger charge is 2.03. The zero-order chi connectivity index (χ0) is 18.4. The van der Waals surface area contributed by atoms with E-state index < -0.39 is 0 Å². The largest absolute Gasteiger partial charge is 0.484 e. The summed E-state index contributed by atoms with van der Waals surface area (Å²) in [5.41, 5.74) is 6.75. The third-order valence-electron chi connectivity index (χ3n) is 4.13. The molecule has 132 valence electrons. The lowest BCUT2D eigenvalue weighted by atomic mass is 10.1. The number of amides is 1. The Labute approximate surface area is 152 Å². The first kappa shape index (κ1) is 17.5. The van der Waals surface area contributed by atoms with Crippen LogP contribution in [0.3, 0.4) is 0 Å². The fourth-order valence-electron chi connectivity index (χ4n) is 2.49. The molecule has 3 aromatic rings. The summed E-state index contributed by atoms with van der Waals surface area (Å²) >= 11 is 0. The number of nitrogens with one attached hydrogen (secondary N) is 1.